The van der Waals surface area contributed by atoms with Crippen molar-refractivity contribution in [3.8, 4) is 0 Å². The van der Waals surface area contributed by atoms with Gasteiger partial charge in [-0.1, -0.05) is 18.2 Å². The average Bonchev–Trinajstić information content (AvgIpc) is 2.47. The molecule has 1 aromatic carbocycles. The van der Waals surface area contributed by atoms with Crippen LogP contribution in [0, 0.1) is 0 Å². The summed E-state index contributed by atoms with van der Waals surface area (Å²) in [5.74, 6) is 0.0366. The van der Waals surface area contributed by atoms with Gasteiger partial charge in [0.15, 0.2) is 0 Å². The number of nitrogens with two attached hydrogens (primary N) is 1. The Kier molecular flexibility index (Phi) is 4.96. The molecule has 1 heterocycles. The lowest BCUT2D eigenvalue weighted by atomic mass is 10.1. The zero-order valence-corrected chi connectivity index (χ0v) is 11.7. The van der Waals surface area contributed by atoms with E-state index in [9.17, 15) is 4.79 Å². The van der Waals surface area contributed by atoms with Gasteiger partial charge in [0.05, 0.1) is 6.61 Å². The number of nitrogen functional groups attached to an aromatic ring is 1. The highest BCUT2D eigenvalue weighted by atomic mass is 16.5. The predicted molar refractivity (Wildman–Crippen MR) is 81.0 cm³/mol. The maximum Gasteiger partial charge on any atom is 0.246 e. The molecule has 0 aromatic heterocycles. The Morgan fingerprint density at radius 1 is 1.40 bits per heavy atom. The summed E-state index contributed by atoms with van der Waals surface area (Å²) in [6.07, 6.45) is 6.38. The van der Waals surface area contributed by atoms with Crippen LogP contribution in [0.3, 0.4) is 0 Å². The van der Waals surface area contributed by atoms with Crippen molar-refractivity contribution in [2.45, 2.75) is 6.42 Å². The SMILES string of the molecule is COCC1=CCN(C(=O)/C=C/c2ccc(N)cc2)CC1. The molecule has 1 aliphatic heterocycles. The highest BCUT2D eigenvalue weighted by Gasteiger charge is 2.14. The second-order valence-electron chi connectivity index (χ2n) is 4.83. The summed E-state index contributed by atoms with van der Waals surface area (Å²) in [6, 6.07) is 7.44. The number of hydrogen-bond acceptors (Lipinski definition) is 3. The second-order valence-corrected chi connectivity index (χ2v) is 4.83. The molecule has 0 bridgehead atoms. The first-order chi connectivity index (χ1) is 9.69. The van der Waals surface area contributed by atoms with Crippen LogP contribution in [-0.2, 0) is 9.53 Å². The lowest BCUT2D eigenvalue weighted by Crippen LogP contribution is -2.34. The van der Waals surface area contributed by atoms with Gasteiger partial charge in [0.2, 0.25) is 5.91 Å². The van der Waals surface area contributed by atoms with E-state index in [0.29, 0.717) is 13.2 Å². The minimum Gasteiger partial charge on any atom is -0.399 e. The smallest absolute Gasteiger partial charge is 0.246 e. The van der Waals surface area contributed by atoms with Crippen LogP contribution in [0.5, 0.6) is 0 Å². The Morgan fingerprint density at radius 3 is 2.75 bits per heavy atom. The van der Waals surface area contributed by atoms with Gasteiger partial charge >= 0.3 is 0 Å². The van der Waals surface area contributed by atoms with Crippen LogP contribution in [0.25, 0.3) is 6.08 Å². The lowest BCUT2D eigenvalue weighted by molar-refractivity contribution is -0.125. The van der Waals surface area contributed by atoms with E-state index in [-0.39, 0.29) is 5.91 Å². The summed E-state index contributed by atoms with van der Waals surface area (Å²) in [5.41, 5.74) is 8.58. The molecular formula is C16H20N2O2. The minimum absolute atomic E-state index is 0.0366. The Morgan fingerprint density at radius 2 is 2.15 bits per heavy atom. The maximum absolute atomic E-state index is 12.1. The van der Waals surface area contributed by atoms with E-state index in [1.807, 2.05) is 35.2 Å². The molecule has 0 aliphatic carbocycles. The lowest BCUT2D eigenvalue weighted by Gasteiger charge is -2.25. The van der Waals surface area contributed by atoms with Crippen molar-refractivity contribution in [3.63, 3.8) is 0 Å². The molecule has 4 nitrogen and oxygen atoms in total. The molecule has 0 unspecified atom stereocenters. The van der Waals surface area contributed by atoms with Gasteiger partial charge in [-0.3, -0.25) is 4.79 Å². The monoisotopic (exact) mass is 272 g/mol. The quantitative estimate of drug-likeness (QED) is 0.519. The molecule has 0 saturated heterocycles. The molecule has 1 aromatic rings. The van der Waals surface area contributed by atoms with Crippen molar-refractivity contribution >= 4 is 17.7 Å². The van der Waals surface area contributed by atoms with Crippen LogP contribution in [0.2, 0.25) is 0 Å². The molecule has 4 heteroatoms. The molecule has 106 valence electrons. The molecule has 0 spiro atoms. The molecule has 0 radical (unpaired) electrons. The first-order valence-corrected chi connectivity index (χ1v) is 6.68. The number of carbonyl (C=O) groups excluding carboxylic acids is 1. The number of amides is 1. The van der Waals surface area contributed by atoms with E-state index in [1.165, 1.54) is 5.57 Å². The van der Waals surface area contributed by atoms with Gasteiger partial charge < -0.3 is 15.4 Å². The second kappa shape index (κ2) is 6.91. The van der Waals surface area contributed by atoms with E-state index in [0.717, 1.165) is 24.2 Å². The Balaban J connectivity index is 1.91. The van der Waals surface area contributed by atoms with Gasteiger partial charge in [0, 0.05) is 32.0 Å². The van der Waals surface area contributed by atoms with Crippen LogP contribution in [-0.4, -0.2) is 37.6 Å². The summed E-state index contributed by atoms with van der Waals surface area (Å²) >= 11 is 0. The Labute approximate surface area is 119 Å². The fraction of sp³-hybridized carbons (Fsp3) is 0.312. The third-order valence-electron chi connectivity index (χ3n) is 3.30. The summed E-state index contributed by atoms with van der Waals surface area (Å²) in [7, 11) is 1.69. The van der Waals surface area contributed by atoms with Crippen LogP contribution >= 0.6 is 0 Å². The molecule has 0 atom stereocenters. The molecule has 20 heavy (non-hydrogen) atoms. The van der Waals surface area contributed by atoms with Crippen molar-refractivity contribution in [1.29, 1.82) is 0 Å². The molecule has 2 rings (SSSR count). The predicted octanol–water partition coefficient (Wildman–Crippen LogP) is 2.09. The van der Waals surface area contributed by atoms with Gasteiger partial charge in [0.25, 0.3) is 0 Å². The number of benzene rings is 1. The molecule has 2 N–H and O–H groups in total. The third-order valence-corrected chi connectivity index (χ3v) is 3.30. The molecule has 0 fully saturated rings. The van der Waals surface area contributed by atoms with Crippen LogP contribution in [0.1, 0.15) is 12.0 Å². The van der Waals surface area contributed by atoms with E-state index in [2.05, 4.69) is 6.08 Å². The van der Waals surface area contributed by atoms with Gasteiger partial charge in [-0.15, -0.1) is 0 Å². The maximum atomic E-state index is 12.1. The standard InChI is InChI=1S/C16H20N2O2/c1-20-12-14-8-10-18(11-9-14)16(19)7-4-13-2-5-15(17)6-3-13/h2-8H,9-12,17H2,1H3/b7-4+. The van der Waals surface area contributed by atoms with Gasteiger partial charge in [-0.25, -0.2) is 0 Å². The van der Waals surface area contributed by atoms with Gasteiger partial charge in [-0.05, 0) is 35.8 Å². The van der Waals surface area contributed by atoms with E-state index in [1.54, 1.807) is 13.2 Å². The summed E-state index contributed by atoms with van der Waals surface area (Å²) in [5, 5.41) is 0. The Hall–Kier alpha value is -2.07. The molecule has 0 saturated carbocycles. The summed E-state index contributed by atoms with van der Waals surface area (Å²) < 4.78 is 5.10. The number of hydrogen-bond donors (Lipinski definition) is 1. The van der Waals surface area contributed by atoms with E-state index >= 15 is 0 Å². The zero-order chi connectivity index (χ0) is 14.4. The van der Waals surface area contributed by atoms with Gasteiger partial charge in [0.1, 0.15) is 0 Å². The first-order valence-electron chi connectivity index (χ1n) is 6.68. The van der Waals surface area contributed by atoms with Crippen molar-refractivity contribution < 1.29 is 9.53 Å². The number of rotatable bonds is 4. The molecule has 1 amide bonds. The first kappa shape index (κ1) is 14.3. The average molecular weight is 272 g/mol. The fourth-order valence-electron chi connectivity index (χ4n) is 2.11. The summed E-state index contributed by atoms with van der Waals surface area (Å²) in [6.45, 7) is 2.06. The third kappa shape index (κ3) is 3.96. The molecule has 1 aliphatic rings. The highest BCUT2D eigenvalue weighted by molar-refractivity contribution is 5.92. The topological polar surface area (TPSA) is 55.6 Å². The fourth-order valence-corrected chi connectivity index (χ4v) is 2.11. The number of methoxy groups -OCH3 is 1. The van der Waals surface area contributed by atoms with Crippen LogP contribution in [0.15, 0.2) is 42.0 Å². The number of carbonyl (C=O) groups is 1. The van der Waals surface area contributed by atoms with Crippen LogP contribution < -0.4 is 5.73 Å². The number of ether oxygens (including phenoxy) is 1. The summed E-state index contributed by atoms with van der Waals surface area (Å²) in [4.78, 5) is 13.9. The van der Waals surface area contributed by atoms with Crippen molar-refractivity contribution in [2.75, 3.05) is 32.5 Å². The van der Waals surface area contributed by atoms with Crippen molar-refractivity contribution in [1.82, 2.24) is 4.90 Å². The van der Waals surface area contributed by atoms with Crippen molar-refractivity contribution in [3.05, 3.63) is 47.6 Å². The zero-order valence-electron chi connectivity index (χ0n) is 11.7. The van der Waals surface area contributed by atoms with E-state index in [4.69, 9.17) is 10.5 Å². The number of anilines is 1. The minimum atomic E-state index is 0.0366. The van der Waals surface area contributed by atoms with Gasteiger partial charge in [-0.2, -0.15) is 0 Å². The largest absolute Gasteiger partial charge is 0.399 e. The van der Waals surface area contributed by atoms with E-state index < -0.39 is 0 Å². The molecular weight excluding hydrogens is 252 g/mol. The van der Waals surface area contributed by atoms with Crippen LogP contribution in [0.4, 0.5) is 5.69 Å². The van der Waals surface area contributed by atoms with Crippen molar-refractivity contribution in [2.24, 2.45) is 0 Å². The Bertz CT molecular complexity index is 518. The normalized spacial score (nSPS) is 15.4. The highest BCUT2D eigenvalue weighted by Crippen LogP contribution is 2.12. The number of nitrogens with zero attached hydrogens (tertiary/aromatic N) is 1.